The Morgan fingerprint density at radius 2 is 2.12 bits per heavy atom. The van der Waals surface area contributed by atoms with Crippen LogP contribution in [0.25, 0.3) is 0 Å². The van der Waals surface area contributed by atoms with Crippen molar-refractivity contribution in [3.8, 4) is 5.75 Å². The molecule has 1 heterocycles. The van der Waals surface area contributed by atoms with E-state index in [2.05, 4.69) is 10.6 Å². The van der Waals surface area contributed by atoms with E-state index in [0.717, 1.165) is 18.7 Å². The predicted octanol–water partition coefficient (Wildman–Crippen LogP) is 0.864. The van der Waals surface area contributed by atoms with E-state index < -0.39 is 0 Å². The zero-order chi connectivity index (χ0) is 12.3. The molecule has 0 aromatic heterocycles. The number of hydrogen-bond donors (Lipinski definition) is 3. The molecule has 1 saturated heterocycles. The lowest BCUT2D eigenvalue weighted by Crippen LogP contribution is -2.49. The highest BCUT2D eigenvalue weighted by molar-refractivity contribution is 5.78. The number of aromatic hydroxyl groups is 1. The van der Waals surface area contributed by atoms with E-state index in [-0.39, 0.29) is 17.6 Å². The van der Waals surface area contributed by atoms with Gasteiger partial charge in [-0.2, -0.15) is 0 Å². The first-order chi connectivity index (χ1) is 8.16. The van der Waals surface area contributed by atoms with Gasteiger partial charge in [0.25, 0.3) is 0 Å². The molecule has 0 saturated carbocycles. The average molecular weight is 234 g/mol. The SMILES string of the molecule is CC(C(=O)NCc1ccc(O)cc1)C1CNC1. The summed E-state index contributed by atoms with van der Waals surface area (Å²) in [5.41, 5.74) is 0.995. The molecule has 17 heavy (non-hydrogen) atoms. The normalized spacial score (nSPS) is 17.2. The van der Waals surface area contributed by atoms with Gasteiger partial charge < -0.3 is 15.7 Å². The first-order valence-electron chi connectivity index (χ1n) is 5.93. The number of rotatable bonds is 4. The molecule has 4 heteroatoms. The quantitative estimate of drug-likeness (QED) is 0.724. The van der Waals surface area contributed by atoms with Crippen LogP contribution in [0.5, 0.6) is 5.75 Å². The fourth-order valence-electron chi connectivity index (χ4n) is 1.84. The molecule has 3 N–H and O–H groups in total. The molecule has 0 spiro atoms. The summed E-state index contributed by atoms with van der Waals surface area (Å²) in [5.74, 6) is 0.877. The van der Waals surface area contributed by atoms with E-state index in [9.17, 15) is 4.79 Å². The van der Waals surface area contributed by atoms with Gasteiger partial charge in [-0.15, -0.1) is 0 Å². The molecule has 1 aromatic carbocycles. The lowest BCUT2D eigenvalue weighted by Gasteiger charge is -2.31. The van der Waals surface area contributed by atoms with E-state index in [0.29, 0.717) is 12.5 Å². The third-order valence-electron chi connectivity index (χ3n) is 3.34. The molecule has 0 bridgehead atoms. The van der Waals surface area contributed by atoms with Crippen LogP contribution >= 0.6 is 0 Å². The van der Waals surface area contributed by atoms with Gasteiger partial charge in [-0.25, -0.2) is 0 Å². The van der Waals surface area contributed by atoms with Crippen molar-refractivity contribution in [1.82, 2.24) is 10.6 Å². The number of hydrogen-bond acceptors (Lipinski definition) is 3. The number of nitrogens with one attached hydrogen (secondary N) is 2. The van der Waals surface area contributed by atoms with Crippen LogP contribution in [-0.2, 0) is 11.3 Å². The molecular formula is C13H18N2O2. The Hall–Kier alpha value is -1.55. The molecular weight excluding hydrogens is 216 g/mol. The van der Waals surface area contributed by atoms with Crippen LogP contribution in [0, 0.1) is 11.8 Å². The second-order valence-electron chi connectivity index (χ2n) is 4.59. The summed E-state index contributed by atoms with van der Waals surface area (Å²) >= 11 is 0. The van der Waals surface area contributed by atoms with Crippen molar-refractivity contribution >= 4 is 5.91 Å². The molecule has 0 radical (unpaired) electrons. The molecule has 2 rings (SSSR count). The fourth-order valence-corrected chi connectivity index (χ4v) is 1.84. The van der Waals surface area contributed by atoms with E-state index in [1.807, 2.05) is 19.1 Å². The summed E-state index contributed by atoms with van der Waals surface area (Å²) in [6, 6.07) is 6.87. The van der Waals surface area contributed by atoms with Gasteiger partial charge in [0.15, 0.2) is 0 Å². The van der Waals surface area contributed by atoms with Gasteiger partial charge >= 0.3 is 0 Å². The first-order valence-corrected chi connectivity index (χ1v) is 5.93. The fraction of sp³-hybridized carbons (Fsp3) is 0.462. The number of carbonyl (C=O) groups excluding carboxylic acids is 1. The second kappa shape index (κ2) is 5.19. The van der Waals surface area contributed by atoms with Crippen LogP contribution in [0.1, 0.15) is 12.5 Å². The highest BCUT2D eigenvalue weighted by Crippen LogP contribution is 2.16. The maximum absolute atomic E-state index is 11.8. The molecule has 1 unspecified atom stereocenters. The van der Waals surface area contributed by atoms with Crippen molar-refractivity contribution < 1.29 is 9.90 Å². The van der Waals surface area contributed by atoms with Crippen LogP contribution in [0.4, 0.5) is 0 Å². The Morgan fingerprint density at radius 3 is 2.65 bits per heavy atom. The summed E-state index contributed by atoms with van der Waals surface area (Å²) in [4.78, 5) is 11.8. The van der Waals surface area contributed by atoms with Gasteiger partial charge in [-0.05, 0) is 36.7 Å². The smallest absolute Gasteiger partial charge is 0.223 e. The monoisotopic (exact) mass is 234 g/mol. The van der Waals surface area contributed by atoms with Gasteiger partial charge in [0.05, 0.1) is 0 Å². The maximum atomic E-state index is 11.8. The van der Waals surface area contributed by atoms with Crippen molar-refractivity contribution in [2.24, 2.45) is 11.8 Å². The van der Waals surface area contributed by atoms with E-state index in [4.69, 9.17) is 5.11 Å². The van der Waals surface area contributed by atoms with Crippen LogP contribution in [0.3, 0.4) is 0 Å². The number of phenolic OH excluding ortho intramolecular Hbond substituents is 1. The van der Waals surface area contributed by atoms with Crippen molar-refractivity contribution in [1.29, 1.82) is 0 Å². The molecule has 4 nitrogen and oxygen atoms in total. The van der Waals surface area contributed by atoms with Crippen molar-refractivity contribution in [3.05, 3.63) is 29.8 Å². The lowest BCUT2D eigenvalue weighted by molar-refractivity contribution is -0.126. The van der Waals surface area contributed by atoms with Crippen LogP contribution in [-0.4, -0.2) is 24.1 Å². The van der Waals surface area contributed by atoms with Gasteiger partial charge in [0.1, 0.15) is 5.75 Å². The molecule has 1 atom stereocenters. The Kier molecular flexibility index (Phi) is 3.64. The number of benzene rings is 1. The van der Waals surface area contributed by atoms with Crippen LogP contribution in [0.15, 0.2) is 24.3 Å². The van der Waals surface area contributed by atoms with Crippen LogP contribution in [0.2, 0.25) is 0 Å². The third kappa shape index (κ3) is 2.97. The number of phenols is 1. The molecule has 1 aromatic rings. The minimum atomic E-state index is 0.0633. The van der Waals surface area contributed by atoms with E-state index in [1.54, 1.807) is 12.1 Å². The minimum absolute atomic E-state index is 0.0633. The highest BCUT2D eigenvalue weighted by Gasteiger charge is 2.28. The summed E-state index contributed by atoms with van der Waals surface area (Å²) in [5, 5.41) is 15.2. The zero-order valence-electron chi connectivity index (χ0n) is 9.94. The van der Waals surface area contributed by atoms with Crippen molar-refractivity contribution in [2.45, 2.75) is 13.5 Å². The largest absolute Gasteiger partial charge is 0.508 e. The second-order valence-corrected chi connectivity index (χ2v) is 4.59. The standard InChI is InChI=1S/C13H18N2O2/c1-9(11-7-14-8-11)13(17)15-6-10-2-4-12(16)5-3-10/h2-5,9,11,14,16H,6-8H2,1H3,(H,15,17). The molecule has 0 aliphatic carbocycles. The summed E-state index contributed by atoms with van der Waals surface area (Å²) in [7, 11) is 0. The lowest BCUT2D eigenvalue weighted by atomic mass is 9.88. The molecule has 1 amide bonds. The highest BCUT2D eigenvalue weighted by atomic mass is 16.3. The number of carbonyl (C=O) groups is 1. The van der Waals surface area contributed by atoms with E-state index in [1.165, 1.54) is 0 Å². The van der Waals surface area contributed by atoms with Crippen molar-refractivity contribution in [3.63, 3.8) is 0 Å². The summed E-state index contributed by atoms with van der Waals surface area (Å²) in [6.45, 7) is 4.36. The Morgan fingerprint density at radius 1 is 1.47 bits per heavy atom. The molecule has 1 fully saturated rings. The number of amides is 1. The van der Waals surface area contributed by atoms with Crippen molar-refractivity contribution in [2.75, 3.05) is 13.1 Å². The van der Waals surface area contributed by atoms with E-state index >= 15 is 0 Å². The van der Waals surface area contributed by atoms with Gasteiger partial charge in [0.2, 0.25) is 5.91 Å². The molecule has 92 valence electrons. The topological polar surface area (TPSA) is 61.4 Å². The van der Waals surface area contributed by atoms with Gasteiger partial charge in [-0.3, -0.25) is 4.79 Å². The third-order valence-corrected chi connectivity index (χ3v) is 3.34. The molecule has 1 aliphatic heterocycles. The van der Waals surface area contributed by atoms with Gasteiger partial charge in [0, 0.05) is 12.5 Å². The summed E-state index contributed by atoms with van der Waals surface area (Å²) in [6.07, 6.45) is 0. The Bertz CT molecular complexity index is 385. The van der Waals surface area contributed by atoms with Gasteiger partial charge in [-0.1, -0.05) is 19.1 Å². The zero-order valence-corrected chi connectivity index (χ0v) is 9.94. The Labute approximate surface area is 101 Å². The Balaban J connectivity index is 1.81. The predicted molar refractivity (Wildman–Crippen MR) is 65.5 cm³/mol. The average Bonchev–Trinajstić information content (AvgIpc) is 2.25. The van der Waals surface area contributed by atoms with Crippen LogP contribution < -0.4 is 10.6 Å². The summed E-state index contributed by atoms with van der Waals surface area (Å²) < 4.78 is 0. The molecule has 1 aliphatic rings. The maximum Gasteiger partial charge on any atom is 0.223 e. The first kappa shape index (κ1) is 11.9. The minimum Gasteiger partial charge on any atom is -0.508 e.